The zero-order valence-corrected chi connectivity index (χ0v) is 11.5. The fourth-order valence-electron chi connectivity index (χ4n) is 1.01. The summed E-state index contributed by atoms with van der Waals surface area (Å²) in [5, 5.41) is 8.21. The van der Waals surface area contributed by atoms with Gasteiger partial charge in [0.25, 0.3) is 5.19 Å². The van der Waals surface area contributed by atoms with E-state index in [4.69, 9.17) is 4.74 Å². The van der Waals surface area contributed by atoms with Crippen LogP contribution in [0.1, 0.15) is 5.56 Å². The van der Waals surface area contributed by atoms with E-state index in [-0.39, 0.29) is 0 Å². The van der Waals surface area contributed by atoms with Crippen LogP contribution in [0.2, 0.25) is 0 Å². The Labute approximate surface area is 108 Å². The Bertz CT molecular complexity index is 461. The lowest BCUT2D eigenvalue weighted by atomic mass is 10.2. The first-order valence-corrected chi connectivity index (χ1v) is 6.51. The molecule has 15 heavy (non-hydrogen) atoms. The molecule has 6 heteroatoms. The molecule has 0 aliphatic rings. The van der Waals surface area contributed by atoms with Gasteiger partial charge in [0.05, 0.1) is 0 Å². The van der Waals surface area contributed by atoms with Crippen LogP contribution in [0, 0.1) is 0 Å². The summed E-state index contributed by atoms with van der Waals surface area (Å²) in [4.78, 5) is 0. The first-order valence-electron chi connectivity index (χ1n) is 4.11. The molecule has 78 valence electrons. The number of rotatable bonds is 3. The monoisotopic (exact) mass is 348 g/mol. The van der Waals surface area contributed by atoms with Crippen molar-refractivity contribution in [3.8, 4) is 5.19 Å². The van der Waals surface area contributed by atoms with Gasteiger partial charge >= 0.3 is 0 Å². The Morgan fingerprint density at radius 1 is 1.20 bits per heavy atom. The molecule has 0 fully saturated rings. The standard InChI is InChI=1S/C9H6Br2N2OS/c10-7-4-2-1-3-6(7)5-14-9-13-12-8(11)15-9/h1-4H,5H2. The minimum atomic E-state index is 0.489. The van der Waals surface area contributed by atoms with Crippen LogP contribution in [-0.4, -0.2) is 10.2 Å². The van der Waals surface area contributed by atoms with Gasteiger partial charge in [-0.3, -0.25) is 0 Å². The molecule has 0 amide bonds. The van der Waals surface area contributed by atoms with Crippen LogP contribution in [0.4, 0.5) is 0 Å². The molecule has 0 atom stereocenters. The fraction of sp³-hybridized carbons (Fsp3) is 0.111. The third-order valence-electron chi connectivity index (χ3n) is 1.69. The summed E-state index contributed by atoms with van der Waals surface area (Å²) in [5.74, 6) is 0. The zero-order chi connectivity index (χ0) is 10.7. The quantitative estimate of drug-likeness (QED) is 0.848. The van der Waals surface area contributed by atoms with Crippen molar-refractivity contribution in [2.45, 2.75) is 6.61 Å². The maximum absolute atomic E-state index is 5.48. The Morgan fingerprint density at radius 3 is 2.67 bits per heavy atom. The highest BCUT2D eigenvalue weighted by Gasteiger charge is 2.04. The largest absolute Gasteiger partial charge is 0.464 e. The van der Waals surface area contributed by atoms with Gasteiger partial charge in [0, 0.05) is 10.0 Å². The topological polar surface area (TPSA) is 35.0 Å². The summed E-state index contributed by atoms with van der Waals surface area (Å²) in [6.07, 6.45) is 0. The van der Waals surface area contributed by atoms with Crippen molar-refractivity contribution in [3.05, 3.63) is 38.2 Å². The minimum Gasteiger partial charge on any atom is -0.464 e. The lowest BCUT2D eigenvalue weighted by Gasteiger charge is -2.03. The van der Waals surface area contributed by atoms with Gasteiger partial charge in [0.1, 0.15) is 6.61 Å². The Morgan fingerprint density at radius 2 is 2.00 bits per heavy atom. The van der Waals surface area contributed by atoms with Gasteiger partial charge in [0.2, 0.25) is 0 Å². The van der Waals surface area contributed by atoms with Gasteiger partial charge in [0.15, 0.2) is 3.92 Å². The van der Waals surface area contributed by atoms with Crippen LogP contribution in [0.5, 0.6) is 5.19 Å². The molecule has 0 bridgehead atoms. The van der Waals surface area contributed by atoms with Gasteiger partial charge in [-0.15, -0.1) is 5.10 Å². The second-order valence-electron chi connectivity index (χ2n) is 2.70. The lowest BCUT2D eigenvalue weighted by Crippen LogP contribution is -1.95. The van der Waals surface area contributed by atoms with E-state index < -0.39 is 0 Å². The first-order chi connectivity index (χ1) is 7.25. The molecule has 1 aromatic heterocycles. The first kappa shape index (κ1) is 11.0. The van der Waals surface area contributed by atoms with Crippen LogP contribution in [0.3, 0.4) is 0 Å². The maximum atomic E-state index is 5.48. The third kappa shape index (κ3) is 2.99. The lowest BCUT2D eigenvalue weighted by molar-refractivity contribution is 0.301. The molecule has 3 nitrogen and oxygen atoms in total. The van der Waals surface area contributed by atoms with Gasteiger partial charge < -0.3 is 4.74 Å². The average molecular weight is 350 g/mol. The molecular formula is C9H6Br2N2OS. The number of nitrogens with zero attached hydrogens (tertiary/aromatic N) is 2. The summed E-state index contributed by atoms with van der Waals surface area (Å²) < 4.78 is 7.24. The molecule has 1 aromatic carbocycles. The van der Waals surface area contributed by atoms with Crippen molar-refractivity contribution in [2.24, 2.45) is 0 Å². The Kier molecular flexibility index (Phi) is 3.71. The predicted octanol–water partition coefficient (Wildman–Crippen LogP) is 3.64. The summed E-state index contributed by atoms with van der Waals surface area (Å²) in [5.41, 5.74) is 1.09. The second kappa shape index (κ2) is 5.05. The fourth-order valence-corrected chi connectivity index (χ4v) is 2.33. The van der Waals surface area contributed by atoms with E-state index in [0.717, 1.165) is 14.0 Å². The summed E-state index contributed by atoms with van der Waals surface area (Å²) in [6, 6.07) is 7.92. The molecular weight excluding hydrogens is 344 g/mol. The highest BCUT2D eigenvalue weighted by molar-refractivity contribution is 9.11. The Balaban J connectivity index is 2.02. The molecule has 2 rings (SSSR count). The average Bonchev–Trinajstić information content (AvgIpc) is 2.63. The van der Waals surface area contributed by atoms with Crippen molar-refractivity contribution >= 4 is 43.2 Å². The molecule has 0 unspecified atom stereocenters. The van der Waals surface area contributed by atoms with E-state index in [1.807, 2.05) is 24.3 Å². The van der Waals surface area contributed by atoms with Crippen LogP contribution in [0.15, 0.2) is 32.7 Å². The number of halogens is 2. The summed E-state index contributed by atoms with van der Waals surface area (Å²) in [7, 11) is 0. The van der Waals surface area contributed by atoms with Crippen molar-refractivity contribution in [1.29, 1.82) is 0 Å². The van der Waals surface area contributed by atoms with Crippen molar-refractivity contribution in [1.82, 2.24) is 10.2 Å². The smallest absolute Gasteiger partial charge is 0.295 e. The van der Waals surface area contributed by atoms with E-state index in [1.165, 1.54) is 11.3 Å². The molecule has 0 saturated carbocycles. The SMILES string of the molecule is Brc1nnc(OCc2ccccc2Br)s1. The van der Waals surface area contributed by atoms with E-state index in [9.17, 15) is 0 Å². The molecule has 0 aliphatic heterocycles. The number of hydrogen-bond acceptors (Lipinski definition) is 4. The van der Waals surface area contributed by atoms with Crippen molar-refractivity contribution in [3.63, 3.8) is 0 Å². The molecule has 0 spiro atoms. The molecule has 0 radical (unpaired) electrons. The van der Waals surface area contributed by atoms with Gasteiger partial charge in [-0.05, 0) is 33.3 Å². The van der Waals surface area contributed by atoms with Crippen LogP contribution in [-0.2, 0) is 6.61 Å². The molecule has 0 saturated heterocycles. The minimum absolute atomic E-state index is 0.489. The van der Waals surface area contributed by atoms with E-state index in [0.29, 0.717) is 11.8 Å². The summed E-state index contributed by atoms with van der Waals surface area (Å²) >= 11 is 8.05. The third-order valence-corrected chi connectivity index (χ3v) is 3.73. The highest BCUT2D eigenvalue weighted by Crippen LogP contribution is 2.24. The van der Waals surface area contributed by atoms with Crippen molar-refractivity contribution < 1.29 is 4.74 Å². The Hall–Kier alpha value is -0.460. The summed E-state index contributed by atoms with van der Waals surface area (Å²) in [6.45, 7) is 0.489. The zero-order valence-electron chi connectivity index (χ0n) is 7.48. The highest BCUT2D eigenvalue weighted by atomic mass is 79.9. The van der Waals surface area contributed by atoms with Crippen LogP contribution < -0.4 is 4.74 Å². The van der Waals surface area contributed by atoms with Gasteiger partial charge in [-0.2, -0.15) is 0 Å². The molecule has 0 aliphatic carbocycles. The number of aromatic nitrogens is 2. The van der Waals surface area contributed by atoms with Crippen molar-refractivity contribution in [2.75, 3.05) is 0 Å². The van der Waals surface area contributed by atoms with Crippen LogP contribution in [0.25, 0.3) is 0 Å². The number of ether oxygens (including phenoxy) is 1. The van der Waals surface area contributed by atoms with E-state index in [2.05, 4.69) is 42.1 Å². The maximum Gasteiger partial charge on any atom is 0.295 e. The predicted molar refractivity (Wildman–Crippen MR) is 66.1 cm³/mol. The number of hydrogen-bond donors (Lipinski definition) is 0. The molecule has 2 aromatic rings. The van der Waals surface area contributed by atoms with E-state index >= 15 is 0 Å². The second-order valence-corrected chi connectivity index (χ2v) is 5.77. The van der Waals surface area contributed by atoms with Gasteiger partial charge in [-0.25, -0.2) is 0 Å². The number of benzene rings is 1. The van der Waals surface area contributed by atoms with E-state index in [1.54, 1.807) is 0 Å². The van der Waals surface area contributed by atoms with Gasteiger partial charge in [-0.1, -0.05) is 39.2 Å². The van der Waals surface area contributed by atoms with Crippen LogP contribution >= 0.6 is 43.2 Å². The molecule has 0 N–H and O–H groups in total. The normalized spacial score (nSPS) is 10.3. The molecule has 1 heterocycles.